The molecule has 7 nitrogen and oxygen atoms in total. The number of nitrogens with zero attached hydrogens (tertiary/aromatic N) is 1. The monoisotopic (exact) mass is 376 g/mol. The van der Waals surface area contributed by atoms with E-state index in [4.69, 9.17) is 14.2 Å². The third kappa shape index (κ3) is 4.25. The second-order valence-corrected chi connectivity index (χ2v) is 7.33. The Labute approximate surface area is 160 Å². The van der Waals surface area contributed by atoms with Crippen LogP contribution in [0.3, 0.4) is 0 Å². The van der Waals surface area contributed by atoms with Gasteiger partial charge in [0.2, 0.25) is 5.91 Å². The molecule has 7 heteroatoms. The molecule has 0 aliphatic carbocycles. The van der Waals surface area contributed by atoms with Gasteiger partial charge >= 0.3 is 0 Å². The molecule has 148 valence electrons. The topological polar surface area (TPSA) is 77.1 Å². The van der Waals surface area contributed by atoms with Crippen LogP contribution in [0.1, 0.15) is 37.0 Å². The summed E-state index contributed by atoms with van der Waals surface area (Å²) in [5, 5.41) is 2.89. The van der Waals surface area contributed by atoms with Crippen molar-refractivity contribution in [2.75, 3.05) is 33.4 Å². The van der Waals surface area contributed by atoms with E-state index in [0.29, 0.717) is 50.5 Å². The fraction of sp³-hybridized carbons (Fsp3) is 0.600. The van der Waals surface area contributed by atoms with E-state index >= 15 is 0 Å². The molecular formula is C20H28N2O5. The summed E-state index contributed by atoms with van der Waals surface area (Å²) in [7, 11) is 1.52. The van der Waals surface area contributed by atoms with Gasteiger partial charge in [0.1, 0.15) is 11.8 Å². The molecule has 0 saturated carbocycles. The van der Waals surface area contributed by atoms with Crippen LogP contribution >= 0.6 is 0 Å². The lowest BCUT2D eigenvalue weighted by Crippen LogP contribution is -2.55. The summed E-state index contributed by atoms with van der Waals surface area (Å²) in [6.45, 7) is 6.20. The standard InChI is InChI=1S/C20H28N2O5/c1-14(2)17(21-18(23)15-6-4-5-7-16(15)25-3)19(24)22-10-8-20(9-11-22)26-12-13-27-20/h4-7,14,17H,8-13H2,1-3H3,(H,21,23). The Kier molecular flexibility index (Phi) is 6.01. The molecular weight excluding hydrogens is 348 g/mol. The number of carbonyl (C=O) groups is 2. The molecule has 2 amide bonds. The summed E-state index contributed by atoms with van der Waals surface area (Å²) in [6.07, 6.45) is 1.31. The van der Waals surface area contributed by atoms with E-state index in [9.17, 15) is 9.59 Å². The summed E-state index contributed by atoms with van der Waals surface area (Å²) < 4.78 is 16.7. The van der Waals surface area contributed by atoms with Gasteiger partial charge in [0.15, 0.2) is 5.79 Å². The largest absolute Gasteiger partial charge is 0.496 e. The van der Waals surface area contributed by atoms with Gasteiger partial charge in [-0.15, -0.1) is 0 Å². The number of nitrogens with one attached hydrogen (secondary N) is 1. The highest BCUT2D eigenvalue weighted by Gasteiger charge is 2.42. The van der Waals surface area contributed by atoms with Crippen LogP contribution < -0.4 is 10.1 Å². The summed E-state index contributed by atoms with van der Waals surface area (Å²) in [4.78, 5) is 27.6. The van der Waals surface area contributed by atoms with E-state index in [1.807, 2.05) is 13.8 Å². The molecule has 2 heterocycles. The Morgan fingerprint density at radius 1 is 1.15 bits per heavy atom. The molecule has 1 spiro atoms. The van der Waals surface area contributed by atoms with Crippen molar-refractivity contribution < 1.29 is 23.8 Å². The van der Waals surface area contributed by atoms with Gasteiger partial charge < -0.3 is 24.4 Å². The van der Waals surface area contributed by atoms with E-state index < -0.39 is 11.8 Å². The van der Waals surface area contributed by atoms with Crippen molar-refractivity contribution in [2.24, 2.45) is 5.92 Å². The fourth-order valence-electron chi connectivity index (χ4n) is 3.61. The SMILES string of the molecule is COc1ccccc1C(=O)NC(C(=O)N1CCC2(CC1)OCCO2)C(C)C. The van der Waals surface area contributed by atoms with Gasteiger partial charge in [-0.05, 0) is 18.1 Å². The number of hydrogen-bond acceptors (Lipinski definition) is 5. The molecule has 1 aromatic rings. The molecule has 2 aliphatic heterocycles. The number of likely N-dealkylation sites (tertiary alicyclic amines) is 1. The van der Waals surface area contributed by atoms with Crippen LogP contribution in [-0.2, 0) is 14.3 Å². The number of ether oxygens (including phenoxy) is 3. The van der Waals surface area contributed by atoms with Gasteiger partial charge in [-0.25, -0.2) is 0 Å². The highest BCUT2D eigenvalue weighted by atomic mass is 16.7. The van der Waals surface area contributed by atoms with Gasteiger partial charge in [0, 0.05) is 25.9 Å². The molecule has 1 aromatic carbocycles. The van der Waals surface area contributed by atoms with E-state index in [1.54, 1.807) is 29.2 Å². The summed E-state index contributed by atoms with van der Waals surface area (Å²) in [6, 6.07) is 6.40. The van der Waals surface area contributed by atoms with Crippen molar-refractivity contribution in [3.05, 3.63) is 29.8 Å². The van der Waals surface area contributed by atoms with Crippen molar-refractivity contribution in [2.45, 2.75) is 38.5 Å². The van der Waals surface area contributed by atoms with Crippen LogP contribution in [0.4, 0.5) is 0 Å². The summed E-state index contributed by atoms with van der Waals surface area (Å²) in [5.74, 6) is -0.451. The zero-order valence-electron chi connectivity index (χ0n) is 16.2. The normalized spacial score (nSPS) is 19.9. The van der Waals surface area contributed by atoms with E-state index in [2.05, 4.69) is 5.32 Å². The first-order valence-electron chi connectivity index (χ1n) is 9.46. The lowest BCUT2D eigenvalue weighted by molar-refractivity contribution is -0.188. The lowest BCUT2D eigenvalue weighted by Gasteiger charge is -2.39. The average Bonchev–Trinajstić information content (AvgIpc) is 3.13. The number of rotatable bonds is 5. The van der Waals surface area contributed by atoms with Crippen LogP contribution in [-0.4, -0.2) is 62.0 Å². The molecule has 1 unspecified atom stereocenters. The van der Waals surface area contributed by atoms with Crippen LogP contribution in [0.15, 0.2) is 24.3 Å². The van der Waals surface area contributed by atoms with Crippen LogP contribution in [0, 0.1) is 5.92 Å². The summed E-state index contributed by atoms with van der Waals surface area (Å²) in [5.41, 5.74) is 0.420. The maximum absolute atomic E-state index is 13.1. The van der Waals surface area contributed by atoms with Crippen LogP contribution in [0.5, 0.6) is 5.75 Å². The van der Waals surface area contributed by atoms with Crippen molar-refractivity contribution in [3.63, 3.8) is 0 Å². The number of hydrogen-bond donors (Lipinski definition) is 1. The van der Waals surface area contributed by atoms with Gasteiger partial charge in [-0.1, -0.05) is 26.0 Å². The number of para-hydroxylation sites is 1. The molecule has 3 rings (SSSR count). The van der Waals surface area contributed by atoms with Crippen molar-refractivity contribution in [1.29, 1.82) is 0 Å². The van der Waals surface area contributed by atoms with Crippen LogP contribution in [0.2, 0.25) is 0 Å². The molecule has 2 aliphatic rings. The first-order valence-corrected chi connectivity index (χ1v) is 9.46. The van der Waals surface area contributed by atoms with E-state index in [-0.39, 0.29) is 17.7 Å². The smallest absolute Gasteiger partial charge is 0.255 e. The first kappa shape index (κ1) is 19.6. The van der Waals surface area contributed by atoms with Crippen molar-refractivity contribution in [1.82, 2.24) is 10.2 Å². The first-order chi connectivity index (χ1) is 13.0. The molecule has 0 aromatic heterocycles. The Morgan fingerprint density at radius 3 is 2.37 bits per heavy atom. The van der Waals surface area contributed by atoms with Gasteiger partial charge in [0.25, 0.3) is 5.91 Å². The average molecular weight is 376 g/mol. The Bertz CT molecular complexity index is 675. The van der Waals surface area contributed by atoms with E-state index in [0.717, 1.165) is 0 Å². The predicted octanol–water partition coefficient (Wildman–Crippen LogP) is 1.82. The Balaban J connectivity index is 1.66. The minimum Gasteiger partial charge on any atom is -0.496 e. The fourth-order valence-corrected chi connectivity index (χ4v) is 3.61. The maximum atomic E-state index is 13.1. The third-order valence-electron chi connectivity index (χ3n) is 5.22. The maximum Gasteiger partial charge on any atom is 0.255 e. The van der Waals surface area contributed by atoms with Gasteiger partial charge in [-0.3, -0.25) is 9.59 Å². The summed E-state index contributed by atoms with van der Waals surface area (Å²) >= 11 is 0. The lowest BCUT2D eigenvalue weighted by atomic mass is 9.98. The van der Waals surface area contributed by atoms with Crippen molar-refractivity contribution in [3.8, 4) is 5.75 Å². The quantitative estimate of drug-likeness (QED) is 0.848. The predicted molar refractivity (Wildman–Crippen MR) is 99.5 cm³/mol. The minimum atomic E-state index is -0.595. The number of piperidine rings is 1. The Hall–Kier alpha value is -2.12. The molecule has 2 fully saturated rings. The van der Waals surface area contributed by atoms with E-state index in [1.165, 1.54) is 7.11 Å². The number of amides is 2. The van der Waals surface area contributed by atoms with Gasteiger partial charge in [-0.2, -0.15) is 0 Å². The third-order valence-corrected chi connectivity index (χ3v) is 5.22. The molecule has 1 N–H and O–H groups in total. The molecule has 0 bridgehead atoms. The highest BCUT2D eigenvalue weighted by molar-refractivity contribution is 5.99. The zero-order valence-corrected chi connectivity index (χ0v) is 16.2. The minimum absolute atomic E-state index is 0.0361. The molecule has 0 radical (unpaired) electrons. The number of methoxy groups -OCH3 is 1. The zero-order chi connectivity index (χ0) is 19.4. The second-order valence-electron chi connectivity index (χ2n) is 7.33. The van der Waals surface area contributed by atoms with Gasteiger partial charge in [0.05, 0.1) is 25.9 Å². The Morgan fingerprint density at radius 2 is 1.78 bits per heavy atom. The number of carbonyl (C=O) groups excluding carboxylic acids is 2. The molecule has 2 saturated heterocycles. The van der Waals surface area contributed by atoms with Crippen LogP contribution in [0.25, 0.3) is 0 Å². The number of benzene rings is 1. The highest BCUT2D eigenvalue weighted by Crippen LogP contribution is 2.31. The van der Waals surface area contributed by atoms with Crippen molar-refractivity contribution >= 4 is 11.8 Å². The molecule has 1 atom stereocenters. The molecule has 27 heavy (non-hydrogen) atoms. The second kappa shape index (κ2) is 8.27.